The number of fused-ring (bicyclic) bond motifs is 2. The maximum atomic E-state index is 15.2. The van der Waals surface area contributed by atoms with Gasteiger partial charge in [-0.1, -0.05) is 98.0 Å². The quantitative estimate of drug-likeness (QED) is 0.107. The zero-order valence-electron chi connectivity index (χ0n) is 32.5. The van der Waals surface area contributed by atoms with E-state index in [0.29, 0.717) is 12.2 Å². The van der Waals surface area contributed by atoms with Gasteiger partial charge in [0.1, 0.15) is 5.75 Å². The topological polar surface area (TPSA) is 126 Å². The fraction of sp³-hybridized carbons (Fsp3) is 0.364. The molecule has 12 heteroatoms. The van der Waals surface area contributed by atoms with Crippen molar-refractivity contribution in [3.05, 3.63) is 120 Å². The molecule has 1 N–H and O–H groups in total. The minimum atomic E-state index is -2.51. The summed E-state index contributed by atoms with van der Waals surface area (Å²) in [6, 6.07) is 32.9. The van der Waals surface area contributed by atoms with Crippen LogP contribution in [0.5, 0.6) is 5.75 Å². The summed E-state index contributed by atoms with van der Waals surface area (Å²) in [6.07, 6.45) is -1.03. The van der Waals surface area contributed by atoms with E-state index < -0.39 is 32.0 Å². The number of amides is 3. The SMILES string of the molecule is COc1ccc([Si](C)(C)[C@H]2[C@H](CC(=O)N(CCO)Cc3ccccc3)O[C@@]3(C(=O)N(Cc4ccc(N5C(=O)CC5OC(C)=O)cc4)c4ccccc43)[C@@H]2C)cc1. The number of hydrogen-bond acceptors (Lipinski definition) is 8. The standard InChI is InChI=1S/C44H49N3O8Si/c1-29-42(56(4,5)35-21-19-34(53-3)20-22-35)38(25-39(50)45(23-24-48)27-31-11-7-6-8-12-31)55-44(29)36-13-9-10-14-37(36)46(43(44)52)28-32-15-17-33(18-16-32)47-40(51)26-41(47)54-30(2)49/h6-22,29,38,41-42,48H,23-28H2,1-5H3/t29-,38+,41?,42-,44+/m1/s1. The Hall–Kier alpha value is -5.30. The summed E-state index contributed by atoms with van der Waals surface area (Å²) in [7, 11) is -0.875. The van der Waals surface area contributed by atoms with E-state index in [2.05, 4.69) is 32.2 Å². The third-order valence-electron chi connectivity index (χ3n) is 11.8. The van der Waals surface area contributed by atoms with Crippen molar-refractivity contribution in [2.75, 3.05) is 30.1 Å². The molecule has 56 heavy (non-hydrogen) atoms. The smallest absolute Gasteiger partial charge is 0.304 e. The third kappa shape index (κ3) is 7.01. The molecule has 0 radical (unpaired) electrons. The number of aliphatic hydroxyl groups excluding tert-OH is 1. The zero-order chi connectivity index (χ0) is 39.8. The van der Waals surface area contributed by atoms with Crippen LogP contribution >= 0.6 is 0 Å². The molecule has 7 rings (SSSR count). The minimum Gasteiger partial charge on any atom is -0.497 e. The number of carbonyl (C=O) groups is 4. The van der Waals surface area contributed by atoms with Gasteiger partial charge in [0, 0.05) is 37.2 Å². The van der Waals surface area contributed by atoms with Crippen LogP contribution in [0.25, 0.3) is 0 Å². The Balaban J connectivity index is 1.22. The average molecular weight is 776 g/mol. The predicted octanol–water partition coefficient (Wildman–Crippen LogP) is 5.50. The Kier molecular flexibility index (Phi) is 10.9. The number of hydrogen-bond donors (Lipinski definition) is 1. The summed E-state index contributed by atoms with van der Waals surface area (Å²) < 4.78 is 18.0. The normalized spacial score (nSPS) is 22.9. The van der Waals surface area contributed by atoms with Crippen LogP contribution in [0.3, 0.4) is 0 Å². The highest BCUT2D eigenvalue weighted by atomic mass is 28.3. The van der Waals surface area contributed by atoms with Crippen LogP contribution in [0.1, 0.15) is 43.4 Å². The number of methoxy groups -OCH3 is 1. The molecule has 3 heterocycles. The molecule has 292 valence electrons. The van der Waals surface area contributed by atoms with Crippen LogP contribution in [0.4, 0.5) is 11.4 Å². The number of anilines is 2. The lowest BCUT2D eigenvalue weighted by molar-refractivity contribution is -0.154. The van der Waals surface area contributed by atoms with Crippen molar-refractivity contribution in [3.8, 4) is 5.75 Å². The predicted molar refractivity (Wildman–Crippen MR) is 215 cm³/mol. The van der Waals surface area contributed by atoms with Gasteiger partial charge in [0.15, 0.2) is 11.8 Å². The van der Waals surface area contributed by atoms with Crippen LogP contribution in [0, 0.1) is 5.92 Å². The molecule has 2 saturated heterocycles. The van der Waals surface area contributed by atoms with Crippen molar-refractivity contribution in [2.45, 2.75) is 76.3 Å². The molecule has 0 bridgehead atoms. The van der Waals surface area contributed by atoms with Crippen molar-refractivity contribution in [1.82, 2.24) is 4.90 Å². The molecule has 0 saturated carbocycles. The first-order valence-corrected chi connectivity index (χ1v) is 22.2. The summed E-state index contributed by atoms with van der Waals surface area (Å²) in [6.45, 7) is 8.58. The second-order valence-electron chi connectivity index (χ2n) is 15.5. The molecule has 11 nitrogen and oxygen atoms in total. The monoisotopic (exact) mass is 775 g/mol. The highest BCUT2D eigenvalue weighted by Gasteiger charge is 2.66. The molecule has 3 aliphatic rings. The van der Waals surface area contributed by atoms with E-state index in [9.17, 15) is 19.5 Å². The summed E-state index contributed by atoms with van der Waals surface area (Å²) in [4.78, 5) is 58.4. The largest absolute Gasteiger partial charge is 0.497 e. The molecule has 2 fully saturated rings. The van der Waals surface area contributed by atoms with Crippen LogP contribution in [-0.2, 0) is 47.3 Å². The molecule has 3 aliphatic heterocycles. The van der Waals surface area contributed by atoms with Crippen LogP contribution in [-0.4, -0.2) is 74.4 Å². The van der Waals surface area contributed by atoms with E-state index in [4.69, 9.17) is 14.2 Å². The first-order valence-electron chi connectivity index (χ1n) is 19.1. The Labute approximate surface area is 328 Å². The van der Waals surface area contributed by atoms with Gasteiger partial charge in [-0.3, -0.25) is 24.1 Å². The van der Waals surface area contributed by atoms with E-state index in [1.54, 1.807) is 29.0 Å². The summed E-state index contributed by atoms with van der Waals surface area (Å²) >= 11 is 0. The first-order chi connectivity index (χ1) is 26.9. The van der Waals surface area contributed by atoms with Crippen molar-refractivity contribution in [3.63, 3.8) is 0 Å². The molecule has 4 aromatic carbocycles. The summed E-state index contributed by atoms with van der Waals surface area (Å²) in [5.41, 5.74) is 2.45. The van der Waals surface area contributed by atoms with Gasteiger partial charge >= 0.3 is 5.97 Å². The molecule has 1 spiro atoms. The van der Waals surface area contributed by atoms with E-state index >= 15 is 4.79 Å². The third-order valence-corrected chi connectivity index (χ3v) is 16.2. The number of rotatable bonds is 13. The fourth-order valence-electron chi connectivity index (χ4n) is 9.07. The van der Waals surface area contributed by atoms with Crippen LogP contribution in [0.2, 0.25) is 18.6 Å². The molecular weight excluding hydrogens is 727 g/mol. The van der Waals surface area contributed by atoms with Crippen molar-refractivity contribution >= 4 is 48.3 Å². The van der Waals surface area contributed by atoms with Crippen molar-refractivity contribution in [2.24, 2.45) is 5.92 Å². The Bertz CT molecular complexity index is 2090. The van der Waals surface area contributed by atoms with Gasteiger partial charge in [-0.25, -0.2) is 0 Å². The number of β-lactam (4-membered cyclic amide) rings is 1. The van der Waals surface area contributed by atoms with E-state index in [1.807, 2.05) is 78.9 Å². The van der Waals surface area contributed by atoms with Gasteiger partial charge in [-0.2, -0.15) is 0 Å². The molecule has 3 amide bonds. The fourth-order valence-corrected chi connectivity index (χ4v) is 13.1. The lowest BCUT2D eigenvalue weighted by Crippen LogP contribution is -2.54. The number of esters is 1. The lowest BCUT2D eigenvalue weighted by atomic mass is 9.82. The average Bonchev–Trinajstić information content (AvgIpc) is 3.61. The van der Waals surface area contributed by atoms with E-state index in [1.165, 1.54) is 11.8 Å². The molecule has 0 aliphatic carbocycles. The molecular formula is C44H49N3O8Si. The maximum Gasteiger partial charge on any atom is 0.304 e. The number of aliphatic hydroxyl groups is 1. The molecule has 0 aromatic heterocycles. The number of nitrogens with zero attached hydrogens (tertiary/aromatic N) is 3. The van der Waals surface area contributed by atoms with E-state index in [-0.39, 0.29) is 61.7 Å². The summed E-state index contributed by atoms with van der Waals surface area (Å²) in [5.74, 6) is -0.465. The van der Waals surface area contributed by atoms with Gasteiger partial charge in [0.2, 0.25) is 11.8 Å². The van der Waals surface area contributed by atoms with Crippen molar-refractivity contribution in [1.29, 1.82) is 0 Å². The van der Waals surface area contributed by atoms with Gasteiger partial charge in [0.05, 0.1) is 53.0 Å². The second-order valence-corrected chi connectivity index (χ2v) is 20.2. The van der Waals surface area contributed by atoms with Gasteiger partial charge < -0.3 is 29.1 Å². The maximum absolute atomic E-state index is 15.2. The summed E-state index contributed by atoms with van der Waals surface area (Å²) in [5, 5.41) is 11.2. The highest BCUT2D eigenvalue weighted by Crippen LogP contribution is 2.60. The Morgan fingerprint density at radius 2 is 1.61 bits per heavy atom. The van der Waals surface area contributed by atoms with E-state index in [0.717, 1.165) is 33.3 Å². The van der Waals surface area contributed by atoms with Crippen molar-refractivity contribution < 1.29 is 38.5 Å². The minimum absolute atomic E-state index is 0.0522. The number of para-hydroxylation sites is 1. The number of benzene rings is 4. The molecule has 1 unspecified atom stereocenters. The van der Waals surface area contributed by atoms with Gasteiger partial charge in [-0.05, 0) is 47.0 Å². The molecule has 4 aromatic rings. The first kappa shape index (κ1) is 39.0. The lowest BCUT2D eigenvalue weighted by Gasteiger charge is -2.39. The van der Waals surface area contributed by atoms with Gasteiger partial charge in [0.25, 0.3) is 5.91 Å². The Morgan fingerprint density at radius 1 is 0.929 bits per heavy atom. The van der Waals surface area contributed by atoms with Crippen LogP contribution < -0.4 is 19.7 Å². The number of carbonyl (C=O) groups excluding carboxylic acids is 4. The number of ether oxygens (including phenoxy) is 3. The van der Waals surface area contributed by atoms with Gasteiger partial charge in [-0.15, -0.1) is 0 Å². The second kappa shape index (κ2) is 15.7. The zero-order valence-corrected chi connectivity index (χ0v) is 33.5. The molecule has 5 atom stereocenters. The highest BCUT2D eigenvalue weighted by molar-refractivity contribution is 6.91. The Morgan fingerprint density at radius 3 is 2.25 bits per heavy atom. The van der Waals surface area contributed by atoms with Crippen LogP contribution in [0.15, 0.2) is 103 Å².